The van der Waals surface area contributed by atoms with Gasteiger partial charge in [0.15, 0.2) is 5.65 Å². The molecule has 1 fully saturated rings. The molecule has 0 atom stereocenters. The summed E-state index contributed by atoms with van der Waals surface area (Å²) in [6.07, 6.45) is 1.84. The van der Waals surface area contributed by atoms with Gasteiger partial charge in [-0.05, 0) is 46.8 Å². The van der Waals surface area contributed by atoms with Gasteiger partial charge in [-0.15, -0.1) is 0 Å². The summed E-state index contributed by atoms with van der Waals surface area (Å²) < 4.78 is 7.33. The number of aromatic nitrogens is 3. The molecule has 3 heterocycles. The highest BCUT2D eigenvalue weighted by Crippen LogP contribution is 2.38. The molecule has 4 N–H and O–H groups in total. The fourth-order valence-electron chi connectivity index (χ4n) is 5.10. The van der Waals surface area contributed by atoms with Crippen molar-refractivity contribution in [2.75, 3.05) is 12.3 Å². The van der Waals surface area contributed by atoms with Crippen LogP contribution in [0, 0.1) is 0 Å². The molecule has 1 aromatic carbocycles. The predicted octanol–water partition coefficient (Wildman–Crippen LogP) is 2.80. The fourth-order valence-corrected chi connectivity index (χ4v) is 5.10. The van der Waals surface area contributed by atoms with Crippen LogP contribution < -0.4 is 11.1 Å². The maximum absolute atomic E-state index is 12.8. The Bertz CT molecular complexity index is 1080. The van der Waals surface area contributed by atoms with Crippen LogP contribution in [0.4, 0.5) is 5.82 Å². The monoisotopic (exact) mass is 396 g/mol. The molecule has 7 heteroatoms. The molecule has 154 valence electrons. The van der Waals surface area contributed by atoms with Crippen LogP contribution in [0.5, 0.6) is 0 Å². The third-order valence-electron chi connectivity index (χ3n) is 5.68. The van der Waals surface area contributed by atoms with Gasteiger partial charge in [-0.3, -0.25) is 0 Å². The number of benzene rings is 1. The Hall–Kier alpha value is -2.67. The fraction of sp³-hybridized carbons (Fsp3) is 0.500. The zero-order valence-electron chi connectivity index (χ0n) is 17.8. The van der Waals surface area contributed by atoms with Crippen LogP contribution in [-0.4, -0.2) is 38.2 Å². The minimum Gasteiger partial charge on any atom is -0.462 e. The molecule has 3 aromatic rings. The van der Waals surface area contributed by atoms with Crippen molar-refractivity contribution in [1.29, 1.82) is 0 Å². The van der Waals surface area contributed by atoms with Gasteiger partial charge in [0.25, 0.3) is 0 Å². The molecule has 29 heavy (non-hydrogen) atoms. The van der Waals surface area contributed by atoms with Crippen molar-refractivity contribution in [3.05, 3.63) is 29.8 Å². The smallest absolute Gasteiger partial charge is 0.344 e. The lowest BCUT2D eigenvalue weighted by Crippen LogP contribution is -3.05. The van der Waals surface area contributed by atoms with Gasteiger partial charge in [-0.25, -0.2) is 14.8 Å². The average molecular weight is 397 g/mol. The second kappa shape index (κ2) is 6.69. The van der Waals surface area contributed by atoms with E-state index >= 15 is 0 Å². The van der Waals surface area contributed by atoms with Crippen LogP contribution in [0.3, 0.4) is 0 Å². The number of hydrogen-bond donors (Lipinski definition) is 2. The SMILES string of the molecule is CCOC(=O)c1c(N)n(C2CC(C)(C)[NH2+]C(C)(C)C2)c2nc3ccccc3nc12. The Morgan fingerprint density at radius 1 is 1.17 bits per heavy atom. The van der Waals surface area contributed by atoms with E-state index in [0.29, 0.717) is 22.5 Å². The standard InChI is InChI=1S/C22H29N5O2/c1-6-29-20(28)16-17-19(25-15-10-8-7-9-14(15)24-17)27(18(16)23)13-11-21(2,3)26-22(4,5)12-13/h7-10,13,26H,6,11-12,23H2,1-5H3/p+1. The zero-order valence-corrected chi connectivity index (χ0v) is 17.8. The number of fused-ring (bicyclic) bond motifs is 2. The third-order valence-corrected chi connectivity index (χ3v) is 5.68. The summed E-state index contributed by atoms with van der Waals surface area (Å²) in [6.45, 7) is 11.1. The minimum atomic E-state index is -0.445. The molecular formula is C22H30N5O2+. The van der Waals surface area contributed by atoms with Gasteiger partial charge in [-0.2, -0.15) is 0 Å². The first kappa shape index (κ1) is 19.6. The van der Waals surface area contributed by atoms with Crippen molar-refractivity contribution in [2.24, 2.45) is 0 Å². The molecule has 0 amide bonds. The van der Waals surface area contributed by atoms with Crippen molar-refractivity contribution in [3.63, 3.8) is 0 Å². The maximum Gasteiger partial charge on any atom is 0.344 e. The van der Waals surface area contributed by atoms with Gasteiger partial charge in [0, 0.05) is 18.9 Å². The number of nitrogens with zero attached hydrogens (tertiary/aromatic N) is 3. The van der Waals surface area contributed by atoms with E-state index in [-0.39, 0.29) is 23.7 Å². The normalized spacial score (nSPS) is 18.9. The van der Waals surface area contributed by atoms with Crippen molar-refractivity contribution in [1.82, 2.24) is 14.5 Å². The van der Waals surface area contributed by atoms with Gasteiger partial charge in [0.05, 0.1) is 28.7 Å². The number of esters is 1. The molecule has 1 saturated heterocycles. The number of nitrogen functional groups attached to an aromatic ring is 1. The molecule has 4 rings (SSSR count). The highest BCUT2D eigenvalue weighted by Gasteiger charge is 2.44. The van der Waals surface area contributed by atoms with Gasteiger partial charge < -0.3 is 20.4 Å². The summed E-state index contributed by atoms with van der Waals surface area (Å²) >= 11 is 0. The molecule has 0 aliphatic carbocycles. The molecule has 1 aliphatic rings. The van der Waals surface area contributed by atoms with Crippen LogP contribution in [-0.2, 0) is 4.74 Å². The lowest BCUT2D eigenvalue weighted by molar-refractivity contribution is -0.789. The van der Waals surface area contributed by atoms with E-state index in [4.69, 9.17) is 20.4 Å². The number of piperidine rings is 1. The first-order valence-electron chi connectivity index (χ1n) is 10.2. The summed E-state index contributed by atoms with van der Waals surface area (Å²) in [5, 5.41) is 2.42. The largest absolute Gasteiger partial charge is 0.462 e. The van der Waals surface area contributed by atoms with E-state index in [1.165, 1.54) is 0 Å². The summed E-state index contributed by atoms with van der Waals surface area (Å²) in [4.78, 5) is 22.4. The zero-order chi connectivity index (χ0) is 21.0. The molecule has 0 bridgehead atoms. The molecular weight excluding hydrogens is 366 g/mol. The van der Waals surface area contributed by atoms with Crippen LogP contribution in [0.1, 0.15) is 63.9 Å². The lowest BCUT2D eigenvalue weighted by atomic mass is 9.79. The van der Waals surface area contributed by atoms with E-state index in [0.717, 1.165) is 23.9 Å². The average Bonchev–Trinajstić information content (AvgIpc) is 2.88. The second-order valence-electron chi connectivity index (χ2n) is 9.42. The number of hydrogen-bond acceptors (Lipinski definition) is 5. The van der Waals surface area contributed by atoms with Crippen LogP contribution >= 0.6 is 0 Å². The van der Waals surface area contributed by atoms with Crippen molar-refractivity contribution in [3.8, 4) is 0 Å². The van der Waals surface area contributed by atoms with E-state index in [9.17, 15) is 4.79 Å². The Balaban J connectivity index is 1.99. The predicted molar refractivity (Wildman–Crippen MR) is 114 cm³/mol. The second-order valence-corrected chi connectivity index (χ2v) is 9.42. The molecule has 0 spiro atoms. The Morgan fingerprint density at radius 3 is 2.34 bits per heavy atom. The molecule has 7 nitrogen and oxygen atoms in total. The first-order valence-corrected chi connectivity index (χ1v) is 10.2. The maximum atomic E-state index is 12.8. The highest BCUT2D eigenvalue weighted by molar-refractivity contribution is 6.08. The van der Waals surface area contributed by atoms with E-state index in [1.54, 1.807) is 6.92 Å². The topological polar surface area (TPSA) is 99.6 Å². The molecule has 0 unspecified atom stereocenters. The van der Waals surface area contributed by atoms with E-state index in [2.05, 4.69) is 33.0 Å². The summed E-state index contributed by atoms with van der Waals surface area (Å²) in [5.74, 6) is -0.0496. The number of nitrogens with two attached hydrogens (primary N) is 2. The number of rotatable bonds is 3. The summed E-state index contributed by atoms with van der Waals surface area (Å²) in [6, 6.07) is 7.79. The van der Waals surface area contributed by atoms with E-state index < -0.39 is 5.97 Å². The van der Waals surface area contributed by atoms with Crippen LogP contribution in [0.15, 0.2) is 24.3 Å². The molecule has 0 radical (unpaired) electrons. The van der Waals surface area contributed by atoms with Crippen LogP contribution in [0.2, 0.25) is 0 Å². The number of para-hydroxylation sites is 2. The van der Waals surface area contributed by atoms with E-state index in [1.807, 2.05) is 28.8 Å². The van der Waals surface area contributed by atoms with Crippen LogP contribution in [0.25, 0.3) is 22.2 Å². The number of anilines is 1. The number of carbonyl (C=O) groups is 1. The van der Waals surface area contributed by atoms with Gasteiger partial charge in [0.1, 0.15) is 16.9 Å². The highest BCUT2D eigenvalue weighted by atomic mass is 16.5. The number of quaternary nitrogens is 1. The Morgan fingerprint density at radius 2 is 1.76 bits per heavy atom. The molecule has 0 saturated carbocycles. The number of ether oxygens (including phenoxy) is 1. The first-order chi connectivity index (χ1) is 13.6. The van der Waals surface area contributed by atoms with Gasteiger partial charge in [-0.1, -0.05) is 12.1 Å². The van der Waals surface area contributed by atoms with Crippen molar-refractivity contribution < 1.29 is 14.8 Å². The minimum absolute atomic E-state index is 0.0455. The third kappa shape index (κ3) is 3.44. The number of carbonyl (C=O) groups excluding carboxylic acids is 1. The van der Waals surface area contributed by atoms with Gasteiger partial charge >= 0.3 is 5.97 Å². The quantitative estimate of drug-likeness (QED) is 0.663. The molecule has 2 aromatic heterocycles. The van der Waals surface area contributed by atoms with Gasteiger partial charge in [0.2, 0.25) is 0 Å². The van der Waals surface area contributed by atoms with Crippen molar-refractivity contribution >= 4 is 34.0 Å². The molecule has 1 aliphatic heterocycles. The lowest BCUT2D eigenvalue weighted by Gasteiger charge is -2.43. The summed E-state index contributed by atoms with van der Waals surface area (Å²) in [7, 11) is 0. The van der Waals surface area contributed by atoms with Crippen molar-refractivity contribution in [2.45, 2.75) is 64.6 Å². The Labute approximate surface area is 170 Å². The Kier molecular flexibility index (Phi) is 4.53. The summed E-state index contributed by atoms with van der Waals surface area (Å²) in [5.41, 5.74) is 9.70.